The van der Waals surface area contributed by atoms with Gasteiger partial charge in [-0.2, -0.15) is 4.98 Å². The smallest absolute Gasteiger partial charge is 0.241 e. The molecule has 0 spiro atoms. The number of sulfonamides is 1. The van der Waals surface area contributed by atoms with Crippen molar-refractivity contribution in [3.05, 3.63) is 60.3 Å². The second-order valence-electron chi connectivity index (χ2n) is 9.93. The van der Waals surface area contributed by atoms with Crippen molar-refractivity contribution in [1.82, 2.24) is 25.3 Å². The first-order valence-electron chi connectivity index (χ1n) is 12.6. The Kier molecular flexibility index (Phi) is 10.2. The normalized spacial score (nSPS) is 11.6. The van der Waals surface area contributed by atoms with Crippen LogP contribution < -0.4 is 30.7 Å². The van der Waals surface area contributed by atoms with E-state index < -0.39 is 15.6 Å². The number of likely N-dealkylation sites (N-methyl/N-ethyl adjacent to an activating group) is 1. The highest BCUT2D eigenvalue weighted by molar-refractivity contribution is 7.89. The van der Waals surface area contributed by atoms with Gasteiger partial charge in [0.25, 0.3) is 0 Å². The number of nitrogens with one attached hydrogen (secondary N) is 5. The quantitative estimate of drug-likeness (QED) is 0.200. The third-order valence-corrected chi connectivity index (χ3v) is 7.02. The molecule has 2 aromatic carbocycles. The predicted molar refractivity (Wildman–Crippen MR) is 153 cm³/mol. The Morgan fingerprint density at radius 3 is 2.46 bits per heavy atom. The van der Waals surface area contributed by atoms with E-state index in [-0.39, 0.29) is 10.8 Å². The number of hydrogen-bond donors (Lipinski definition) is 5. The maximum absolute atomic E-state index is 12.7. The zero-order chi connectivity index (χ0) is 28.5. The molecular formula is C27H37N7O4S. The summed E-state index contributed by atoms with van der Waals surface area (Å²) >= 11 is 0. The molecule has 3 aromatic rings. The van der Waals surface area contributed by atoms with Crippen molar-refractivity contribution in [3.8, 4) is 5.75 Å². The molecule has 5 N–H and O–H groups in total. The van der Waals surface area contributed by atoms with Crippen LogP contribution in [-0.2, 0) is 14.8 Å². The monoisotopic (exact) mass is 555 g/mol. The molecule has 0 saturated carbocycles. The second kappa shape index (κ2) is 13.4. The van der Waals surface area contributed by atoms with Crippen LogP contribution in [-0.4, -0.2) is 56.6 Å². The SMILES string of the molecule is CNC(=O)CNCCCOc1ccc(Nc2ncc(C)c(Nc3cccc(S(=O)(=O)NC(C)(C)C)c3)n2)cc1. The molecule has 210 valence electrons. The Morgan fingerprint density at radius 1 is 1.03 bits per heavy atom. The highest BCUT2D eigenvalue weighted by atomic mass is 32.2. The fourth-order valence-corrected chi connectivity index (χ4v) is 4.87. The number of anilines is 4. The minimum absolute atomic E-state index is 0.0479. The van der Waals surface area contributed by atoms with Crippen molar-refractivity contribution >= 4 is 39.1 Å². The Balaban J connectivity index is 1.59. The lowest BCUT2D eigenvalue weighted by Gasteiger charge is -2.20. The Morgan fingerprint density at radius 2 is 1.77 bits per heavy atom. The van der Waals surface area contributed by atoms with Gasteiger partial charge in [0.1, 0.15) is 11.6 Å². The predicted octanol–water partition coefficient (Wildman–Crippen LogP) is 3.45. The van der Waals surface area contributed by atoms with Crippen molar-refractivity contribution in [2.24, 2.45) is 0 Å². The third kappa shape index (κ3) is 9.82. The summed E-state index contributed by atoms with van der Waals surface area (Å²) in [6, 6.07) is 14.0. The molecule has 1 heterocycles. The number of carbonyl (C=O) groups excluding carboxylic acids is 1. The fraction of sp³-hybridized carbons (Fsp3) is 0.370. The lowest BCUT2D eigenvalue weighted by atomic mass is 10.1. The molecule has 0 bridgehead atoms. The van der Waals surface area contributed by atoms with E-state index in [0.29, 0.717) is 37.1 Å². The average Bonchev–Trinajstić information content (AvgIpc) is 2.87. The number of aryl methyl sites for hydroxylation is 1. The third-order valence-electron chi connectivity index (χ3n) is 5.26. The van der Waals surface area contributed by atoms with Gasteiger partial charge in [-0.3, -0.25) is 4.79 Å². The number of hydrogen-bond acceptors (Lipinski definition) is 9. The van der Waals surface area contributed by atoms with E-state index in [0.717, 1.165) is 23.4 Å². The van der Waals surface area contributed by atoms with E-state index in [2.05, 4.69) is 36.0 Å². The van der Waals surface area contributed by atoms with Gasteiger partial charge in [-0.1, -0.05) is 6.07 Å². The van der Waals surface area contributed by atoms with Crippen LogP contribution in [0.25, 0.3) is 0 Å². The summed E-state index contributed by atoms with van der Waals surface area (Å²) in [5, 5.41) is 12.0. The van der Waals surface area contributed by atoms with Crippen molar-refractivity contribution in [3.63, 3.8) is 0 Å². The van der Waals surface area contributed by atoms with Gasteiger partial charge in [0.15, 0.2) is 0 Å². The first-order chi connectivity index (χ1) is 18.4. The van der Waals surface area contributed by atoms with Gasteiger partial charge in [0.2, 0.25) is 21.9 Å². The first-order valence-corrected chi connectivity index (χ1v) is 14.1. The molecule has 3 rings (SSSR count). The minimum atomic E-state index is -3.67. The lowest BCUT2D eigenvalue weighted by molar-refractivity contribution is -0.119. The van der Waals surface area contributed by atoms with Crippen LogP contribution in [0.15, 0.2) is 59.6 Å². The van der Waals surface area contributed by atoms with E-state index in [1.54, 1.807) is 58.3 Å². The highest BCUT2D eigenvalue weighted by Crippen LogP contribution is 2.24. The number of benzene rings is 2. The zero-order valence-corrected chi connectivity index (χ0v) is 23.8. The summed E-state index contributed by atoms with van der Waals surface area (Å²) in [4.78, 5) is 20.3. The zero-order valence-electron chi connectivity index (χ0n) is 23.0. The summed E-state index contributed by atoms with van der Waals surface area (Å²) in [5.41, 5.74) is 1.58. The number of aromatic nitrogens is 2. The highest BCUT2D eigenvalue weighted by Gasteiger charge is 2.22. The molecule has 12 heteroatoms. The summed E-state index contributed by atoms with van der Waals surface area (Å²) < 4.78 is 33.9. The number of nitrogens with zero attached hydrogens (tertiary/aromatic N) is 2. The largest absolute Gasteiger partial charge is 0.494 e. The summed E-state index contributed by atoms with van der Waals surface area (Å²) in [7, 11) is -2.07. The topological polar surface area (TPSA) is 146 Å². The van der Waals surface area contributed by atoms with Crippen LogP contribution in [0.4, 0.5) is 23.1 Å². The van der Waals surface area contributed by atoms with Crippen LogP contribution in [0.2, 0.25) is 0 Å². The molecule has 0 fully saturated rings. The molecule has 1 amide bonds. The first kappa shape index (κ1) is 29.8. The lowest BCUT2D eigenvalue weighted by Crippen LogP contribution is -2.40. The van der Waals surface area contributed by atoms with Crippen LogP contribution in [0.5, 0.6) is 5.75 Å². The second-order valence-corrected chi connectivity index (χ2v) is 11.6. The van der Waals surface area contributed by atoms with E-state index in [1.807, 2.05) is 31.2 Å². The van der Waals surface area contributed by atoms with Gasteiger partial charge in [-0.25, -0.2) is 18.1 Å². The molecule has 0 atom stereocenters. The van der Waals surface area contributed by atoms with Gasteiger partial charge in [-0.05, 0) is 83.1 Å². The molecule has 39 heavy (non-hydrogen) atoms. The van der Waals surface area contributed by atoms with Crippen LogP contribution in [0.1, 0.15) is 32.8 Å². The number of amides is 1. The molecule has 0 radical (unpaired) electrons. The molecule has 0 aliphatic heterocycles. The molecule has 1 aromatic heterocycles. The van der Waals surface area contributed by atoms with Gasteiger partial charge in [0.05, 0.1) is 18.0 Å². The van der Waals surface area contributed by atoms with Gasteiger partial charge < -0.3 is 26.0 Å². The van der Waals surface area contributed by atoms with Crippen LogP contribution >= 0.6 is 0 Å². The van der Waals surface area contributed by atoms with Crippen LogP contribution in [0.3, 0.4) is 0 Å². The van der Waals surface area contributed by atoms with Gasteiger partial charge in [-0.15, -0.1) is 0 Å². The van der Waals surface area contributed by atoms with Crippen molar-refractivity contribution in [2.45, 2.75) is 44.6 Å². The van der Waals surface area contributed by atoms with Crippen molar-refractivity contribution in [2.75, 3.05) is 37.4 Å². The molecular weight excluding hydrogens is 518 g/mol. The van der Waals surface area contributed by atoms with Gasteiger partial charge >= 0.3 is 0 Å². The maximum atomic E-state index is 12.7. The van der Waals surface area contributed by atoms with E-state index >= 15 is 0 Å². The molecule has 11 nitrogen and oxygen atoms in total. The molecule has 0 aliphatic carbocycles. The summed E-state index contributed by atoms with van der Waals surface area (Å²) in [5.74, 6) is 1.62. The standard InChI is InChI=1S/C27H37N7O4S/c1-19-17-30-26(32-20-10-12-22(13-11-20)38-15-7-14-29-18-24(35)28-5)33-25(19)31-21-8-6-9-23(16-21)39(36,37)34-27(2,3)4/h6,8-13,16-17,29,34H,7,14-15,18H2,1-5H3,(H,28,35)(H2,30,31,32,33). The van der Waals surface area contributed by atoms with Crippen molar-refractivity contribution in [1.29, 1.82) is 0 Å². The van der Waals surface area contributed by atoms with Crippen molar-refractivity contribution < 1.29 is 17.9 Å². The summed E-state index contributed by atoms with van der Waals surface area (Å²) in [6.07, 6.45) is 2.46. The average molecular weight is 556 g/mol. The number of carbonyl (C=O) groups is 1. The molecule has 0 saturated heterocycles. The maximum Gasteiger partial charge on any atom is 0.241 e. The summed E-state index contributed by atoms with van der Waals surface area (Å²) in [6.45, 7) is 8.75. The fourth-order valence-electron chi connectivity index (χ4n) is 3.41. The van der Waals surface area contributed by atoms with E-state index in [1.165, 1.54) is 0 Å². The van der Waals surface area contributed by atoms with Gasteiger partial charge in [0, 0.05) is 35.7 Å². The Hall–Kier alpha value is -3.74. The molecule has 0 unspecified atom stereocenters. The van der Waals surface area contributed by atoms with E-state index in [9.17, 15) is 13.2 Å². The number of ether oxygens (including phenoxy) is 1. The van der Waals surface area contributed by atoms with E-state index in [4.69, 9.17) is 4.74 Å². The minimum Gasteiger partial charge on any atom is -0.494 e. The molecule has 0 aliphatic rings. The Labute approximate surface area is 230 Å². The van der Waals surface area contributed by atoms with Crippen LogP contribution in [0, 0.1) is 6.92 Å². The number of rotatable bonds is 13. The Bertz CT molecular complexity index is 1360.